The van der Waals surface area contributed by atoms with Gasteiger partial charge in [0.15, 0.2) is 0 Å². The Labute approximate surface area is 151 Å². The standard InChI is InChI=1S/C20H22N4O2/c1-13-11-23(16-8-9-16)17-10-21-24(20(26)19(13)17)12-18(25)22-14(2)15-6-4-3-5-7-15/h3-7,10-11,14,16H,8-9,12H2,1-2H3,(H,22,25). The van der Waals surface area contributed by atoms with E-state index in [1.54, 1.807) is 6.20 Å². The molecule has 2 aromatic heterocycles. The highest BCUT2D eigenvalue weighted by atomic mass is 16.2. The van der Waals surface area contributed by atoms with Gasteiger partial charge in [0, 0.05) is 12.2 Å². The molecule has 1 fully saturated rings. The molecule has 1 N–H and O–H groups in total. The Kier molecular flexibility index (Phi) is 4.11. The molecule has 3 aromatic rings. The Balaban J connectivity index is 1.55. The first-order chi connectivity index (χ1) is 12.5. The van der Waals surface area contributed by atoms with Crippen molar-refractivity contribution in [1.29, 1.82) is 0 Å². The molecule has 0 aliphatic heterocycles. The number of fused-ring (bicyclic) bond motifs is 1. The normalized spacial score (nSPS) is 15.2. The Morgan fingerprint density at radius 3 is 2.73 bits per heavy atom. The number of benzene rings is 1. The highest BCUT2D eigenvalue weighted by Gasteiger charge is 2.26. The fraction of sp³-hybridized carbons (Fsp3) is 0.350. The van der Waals surface area contributed by atoms with Crippen LogP contribution in [0.5, 0.6) is 0 Å². The van der Waals surface area contributed by atoms with E-state index in [0.29, 0.717) is 11.4 Å². The summed E-state index contributed by atoms with van der Waals surface area (Å²) in [6, 6.07) is 10.1. The molecule has 26 heavy (non-hydrogen) atoms. The van der Waals surface area contributed by atoms with E-state index in [-0.39, 0.29) is 24.1 Å². The van der Waals surface area contributed by atoms with Crippen LogP contribution < -0.4 is 10.9 Å². The zero-order valence-corrected chi connectivity index (χ0v) is 15.0. The second kappa shape index (κ2) is 6.44. The van der Waals surface area contributed by atoms with E-state index in [0.717, 1.165) is 29.5 Å². The van der Waals surface area contributed by atoms with Crippen molar-refractivity contribution >= 4 is 16.8 Å². The molecule has 134 valence electrons. The van der Waals surface area contributed by atoms with Crippen LogP contribution in [0.2, 0.25) is 0 Å². The van der Waals surface area contributed by atoms with Crippen molar-refractivity contribution in [3.8, 4) is 0 Å². The second-order valence-electron chi connectivity index (χ2n) is 7.02. The summed E-state index contributed by atoms with van der Waals surface area (Å²) in [7, 11) is 0. The van der Waals surface area contributed by atoms with Crippen molar-refractivity contribution < 1.29 is 4.79 Å². The van der Waals surface area contributed by atoms with Crippen LogP contribution in [0.15, 0.2) is 47.5 Å². The topological polar surface area (TPSA) is 68.9 Å². The number of aryl methyl sites for hydroxylation is 1. The molecule has 0 spiro atoms. The van der Waals surface area contributed by atoms with Crippen molar-refractivity contribution in [3.05, 3.63) is 64.2 Å². The van der Waals surface area contributed by atoms with E-state index >= 15 is 0 Å². The van der Waals surface area contributed by atoms with Crippen molar-refractivity contribution in [2.45, 2.75) is 45.3 Å². The first-order valence-electron chi connectivity index (χ1n) is 8.96. The smallest absolute Gasteiger partial charge is 0.276 e. The minimum Gasteiger partial charge on any atom is -0.348 e. The third-order valence-electron chi connectivity index (χ3n) is 4.94. The van der Waals surface area contributed by atoms with Gasteiger partial charge in [-0.2, -0.15) is 5.10 Å². The number of nitrogens with one attached hydrogen (secondary N) is 1. The number of hydrogen-bond acceptors (Lipinski definition) is 3. The van der Waals surface area contributed by atoms with E-state index < -0.39 is 0 Å². The van der Waals surface area contributed by atoms with E-state index in [9.17, 15) is 9.59 Å². The molecule has 1 aliphatic rings. The predicted octanol–water partition coefficient (Wildman–Crippen LogP) is 2.72. The van der Waals surface area contributed by atoms with E-state index in [1.165, 1.54) is 4.68 Å². The van der Waals surface area contributed by atoms with Gasteiger partial charge in [0.25, 0.3) is 5.56 Å². The van der Waals surface area contributed by atoms with Gasteiger partial charge in [0.1, 0.15) is 6.54 Å². The van der Waals surface area contributed by atoms with Gasteiger partial charge in [-0.3, -0.25) is 9.59 Å². The maximum absolute atomic E-state index is 12.8. The van der Waals surface area contributed by atoms with Crippen LogP contribution in [0.4, 0.5) is 0 Å². The van der Waals surface area contributed by atoms with Crippen LogP contribution in [-0.2, 0) is 11.3 Å². The lowest BCUT2D eigenvalue weighted by molar-refractivity contribution is -0.122. The number of nitrogens with zero attached hydrogens (tertiary/aromatic N) is 3. The minimum atomic E-state index is -0.227. The Morgan fingerprint density at radius 1 is 1.31 bits per heavy atom. The van der Waals surface area contributed by atoms with Gasteiger partial charge >= 0.3 is 0 Å². The molecule has 2 heterocycles. The number of carbonyl (C=O) groups is 1. The van der Waals surface area contributed by atoms with E-state index in [1.807, 2.05) is 50.4 Å². The molecule has 6 heteroatoms. The SMILES string of the molecule is Cc1cn(C2CC2)c2cnn(CC(=O)NC(C)c3ccccc3)c(=O)c12. The summed E-state index contributed by atoms with van der Waals surface area (Å²) in [4.78, 5) is 25.2. The minimum absolute atomic E-state index is 0.0833. The summed E-state index contributed by atoms with van der Waals surface area (Å²) < 4.78 is 3.39. The summed E-state index contributed by atoms with van der Waals surface area (Å²) in [6.07, 6.45) is 6.02. The van der Waals surface area contributed by atoms with Gasteiger partial charge in [-0.15, -0.1) is 0 Å². The third kappa shape index (κ3) is 3.03. The predicted molar refractivity (Wildman–Crippen MR) is 100 cm³/mol. The zero-order valence-electron chi connectivity index (χ0n) is 15.0. The van der Waals surface area contributed by atoms with Gasteiger partial charge in [-0.05, 0) is 37.8 Å². The van der Waals surface area contributed by atoms with Crippen LogP contribution in [0, 0.1) is 6.92 Å². The van der Waals surface area contributed by atoms with Crippen molar-refractivity contribution in [2.24, 2.45) is 0 Å². The molecule has 6 nitrogen and oxygen atoms in total. The molecular formula is C20H22N4O2. The molecule has 4 rings (SSSR count). The van der Waals surface area contributed by atoms with Crippen LogP contribution in [0.3, 0.4) is 0 Å². The van der Waals surface area contributed by atoms with Crippen LogP contribution in [0.25, 0.3) is 10.9 Å². The first kappa shape index (κ1) is 16.6. The summed E-state index contributed by atoms with van der Waals surface area (Å²) in [5, 5.41) is 7.82. The summed E-state index contributed by atoms with van der Waals surface area (Å²) in [5.41, 5.74) is 2.62. The lowest BCUT2D eigenvalue weighted by atomic mass is 10.1. The first-order valence-corrected chi connectivity index (χ1v) is 8.96. The number of aromatic nitrogens is 3. The van der Waals surface area contributed by atoms with Crippen LogP contribution >= 0.6 is 0 Å². The third-order valence-corrected chi connectivity index (χ3v) is 4.94. The average molecular weight is 350 g/mol. The Bertz CT molecular complexity index is 1020. The molecule has 0 bridgehead atoms. The Hall–Kier alpha value is -2.89. The van der Waals surface area contributed by atoms with Gasteiger partial charge in [-0.1, -0.05) is 30.3 Å². The molecule has 0 radical (unpaired) electrons. The highest BCUT2D eigenvalue weighted by Crippen LogP contribution is 2.37. The molecule has 1 saturated carbocycles. The van der Waals surface area contributed by atoms with Crippen LogP contribution in [-0.4, -0.2) is 20.3 Å². The number of hydrogen-bond donors (Lipinski definition) is 1. The lowest BCUT2D eigenvalue weighted by Gasteiger charge is -2.14. The second-order valence-corrected chi connectivity index (χ2v) is 7.02. The average Bonchev–Trinajstić information content (AvgIpc) is 3.42. The number of rotatable bonds is 5. The summed E-state index contributed by atoms with van der Waals surface area (Å²) >= 11 is 0. The Morgan fingerprint density at radius 2 is 2.04 bits per heavy atom. The lowest BCUT2D eigenvalue weighted by Crippen LogP contribution is -2.35. The number of amides is 1. The van der Waals surface area contributed by atoms with Crippen LogP contribution in [0.1, 0.15) is 43.0 Å². The fourth-order valence-electron chi connectivity index (χ4n) is 3.40. The summed E-state index contributed by atoms with van der Waals surface area (Å²) in [6.45, 7) is 3.77. The molecule has 1 unspecified atom stereocenters. The van der Waals surface area contributed by atoms with Gasteiger partial charge in [0.05, 0.1) is 23.1 Å². The maximum Gasteiger partial charge on any atom is 0.276 e. The van der Waals surface area contributed by atoms with E-state index in [4.69, 9.17) is 0 Å². The fourth-order valence-corrected chi connectivity index (χ4v) is 3.40. The van der Waals surface area contributed by atoms with Gasteiger partial charge in [0.2, 0.25) is 5.91 Å². The molecular weight excluding hydrogens is 328 g/mol. The monoisotopic (exact) mass is 350 g/mol. The van der Waals surface area contributed by atoms with Gasteiger partial charge in [-0.25, -0.2) is 4.68 Å². The highest BCUT2D eigenvalue weighted by molar-refractivity contribution is 5.83. The molecule has 0 saturated heterocycles. The van der Waals surface area contributed by atoms with Crippen molar-refractivity contribution in [3.63, 3.8) is 0 Å². The molecule has 1 aromatic carbocycles. The maximum atomic E-state index is 12.8. The van der Waals surface area contributed by atoms with Gasteiger partial charge < -0.3 is 9.88 Å². The van der Waals surface area contributed by atoms with E-state index in [2.05, 4.69) is 15.0 Å². The van der Waals surface area contributed by atoms with Crippen molar-refractivity contribution in [1.82, 2.24) is 19.7 Å². The van der Waals surface area contributed by atoms with Crippen molar-refractivity contribution in [2.75, 3.05) is 0 Å². The zero-order chi connectivity index (χ0) is 18.3. The molecule has 1 aliphatic carbocycles. The molecule has 1 atom stereocenters. The largest absolute Gasteiger partial charge is 0.348 e. The summed E-state index contributed by atoms with van der Waals surface area (Å²) in [5.74, 6) is -0.227. The number of carbonyl (C=O) groups excluding carboxylic acids is 1. The molecule has 1 amide bonds. The quantitative estimate of drug-likeness (QED) is 0.769.